The molecular formula is C11H4ClF4N3O. The Bertz CT molecular complexity index is 652. The Balaban J connectivity index is 2.35. The van der Waals surface area contributed by atoms with E-state index in [2.05, 4.69) is 10.2 Å². The van der Waals surface area contributed by atoms with Crippen LogP contribution in [-0.2, 0) is 0 Å². The highest BCUT2D eigenvalue weighted by Crippen LogP contribution is 2.24. The molecule has 0 atom stereocenters. The fraction of sp³-hybridized carbons (Fsp3) is 0. The Labute approximate surface area is 114 Å². The van der Waals surface area contributed by atoms with Gasteiger partial charge in [-0.05, 0) is 12.1 Å². The average Bonchev–Trinajstić information content (AvgIpc) is 2.42. The Morgan fingerprint density at radius 2 is 1.65 bits per heavy atom. The number of anilines is 1. The second-order valence-electron chi connectivity index (χ2n) is 3.54. The lowest BCUT2D eigenvalue weighted by Gasteiger charge is -2.08. The molecule has 0 aliphatic carbocycles. The summed E-state index contributed by atoms with van der Waals surface area (Å²) in [5.74, 6) is -7.82. The number of nitrogens with zero attached hydrogens (tertiary/aromatic N) is 2. The molecule has 1 amide bonds. The number of rotatable bonds is 2. The minimum Gasteiger partial charge on any atom is -0.315 e. The van der Waals surface area contributed by atoms with Crippen LogP contribution in [0.4, 0.5) is 23.2 Å². The summed E-state index contributed by atoms with van der Waals surface area (Å²) in [6.07, 6.45) is 0. The second kappa shape index (κ2) is 5.41. The highest BCUT2D eigenvalue weighted by molar-refractivity contribution is 6.29. The maximum Gasteiger partial charge on any atom is 0.276 e. The lowest BCUT2D eigenvalue weighted by Crippen LogP contribution is -2.17. The molecule has 0 saturated heterocycles. The van der Waals surface area contributed by atoms with E-state index in [9.17, 15) is 22.4 Å². The van der Waals surface area contributed by atoms with E-state index in [1.54, 1.807) is 5.32 Å². The molecular weight excluding hydrogens is 302 g/mol. The zero-order valence-electron chi connectivity index (χ0n) is 9.42. The number of amides is 1. The number of carbonyl (C=O) groups is 1. The van der Waals surface area contributed by atoms with E-state index < -0.39 is 34.9 Å². The smallest absolute Gasteiger partial charge is 0.276 e. The third kappa shape index (κ3) is 2.69. The predicted octanol–water partition coefficient (Wildman–Crippen LogP) is 2.94. The van der Waals surface area contributed by atoms with Crippen molar-refractivity contribution in [2.24, 2.45) is 0 Å². The standard InChI is InChI=1S/C11H4ClF4N3O/c12-7-2-1-6(18-19-7)11(20)17-10-8(15)4(13)3-5(14)9(10)16/h1-3H,(H,17,20). The summed E-state index contributed by atoms with van der Waals surface area (Å²) in [5.41, 5.74) is -1.58. The fourth-order valence-corrected chi connectivity index (χ4v) is 1.40. The maximum absolute atomic E-state index is 13.3. The van der Waals surface area contributed by atoms with Crippen molar-refractivity contribution >= 4 is 23.2 Å². The van der Waals surface area contributed by atoms with Crippen molar-refractivity contribution in [3.8, 4) is 0 Å². The highest BCUT2D eigenvalue weighted by atomic mass is 35.5. The predicted molar refractivity (Wildman–Crippen MR) is 61.3 cm³/mol. The largest absolute Gasteiger partial charge is 0.315 e. The normalized spacial score (nSPS) is 10.4. The molecule has 0 unspecified atom stereocenters. The van der Waals surface area contributed by atoms with Gasteiger partial charge in [-0.3, -0.25) is 4.79 Å². The molecule has 0 spiro atoms. The summed E-state index contributed by atoms with van der Waals surface area (Å²) in [6.45, 7) is 0. The minimum atomic E-state index is -1.72. The summed E-state index contributed by atoms with van der Waals surface area (Å²) in [6, 6.07) is 2.36. The van der Waals surface area contributed by atoms with Gasteiger partial charge in [0.05, 0.1) is 0 Å². The van der Waals surface area contributed by atoms with E-state index in [0.717, 1.165) is 6.07 Å². The molecule has 4 nitrogen and oxygen atoms in total. The van der Waals surface area contributed by atoms with Crippen molar-refractivity contribution in [2.45, 2.75) is 0 Å². The van der Waals surface area contributed by atoms with Crippen molar-refractivity contribution < 1.29 is 22.4 Å². The zero-order chi connectivity index (χ0) is 14.9. The van der Waals surface area contributed by atoms with E-state index in [4.69, 9.17) is 11.6 Å². The Morgan fingerprint density at radius 3 is 2.15 bits per heavy atom. The molecule has 104 valence electrons. The molecule has 2 rings (SSSR count). The molecule has 0 saturated carbocycles. The van der Waals surface area contributed by atoms with Gasteiger partial charge >= 0.3 is 0 Å². The van der Waals surface area contributed by atoms with Crippen molar-refractivity contribution in [3.63, 3.8) is 0 Å². The zero-order valence-corrected chi connectivity index (χ0v) is 10.2. The Kier molecular flexibility index (Phi) is 3.84. The van der Waals surface area contributed by atoms with Crippen LogP contribution in [-0.4, -0.2) is 16.1 Å². The first-order chi connectivity index (χ1) is 9.40. The number of hydrogen-bond acceptors (Lipinski definition) is 3. The number of hydrogen-bond donors (Lipinski definition) is 1. The SMILES string of the molecule is O=C(Nc1c(F)c(F)cc(F)c1F)c1ccc(Cl)nn1. The first-order valence-corrected chi connectivity index (χ1v) is 5.41. The molecule has 20 heavy (non-hydrogen) atoms. The number of halogens is 5. The van der Waals surface area contributed by atoms with E-state index >= 15 is 0 Å². The van der Waals surface area contributed by atoms with Gasteiger partial charge in [0.15, 0.2) is 34.1 Å². The average molecular weight is 306 g/mol. The Morgan fingerprint density at radius 1 is 1.05 bits per heavy atom. The Hall–Kier alpha value is -2.22. The molecule has 1 heterocycles. The first-order valence-electron chi connectivity index (χ1n) is 5.03. The van der Waals surface area contributed by atoms with Gasteiger partial charge in [-0.15, -0.1) is 10.2 Å². The molecule has 0 aliphatic heterocycles. The van der Waals surface area contributed by atoms with Gasteiger partial charge in [-0.2, -0.15) is 0 Å². The van der Waals surface area contributed by atoms with Gasteiger partial charge in [0.2, 0.25) is 0 Å². The topological polar surface area (TPSA) is 54.9 Å². The summed E-state index contributed by atoms with van der Waals surface area (Å²) in [5, 5.41) is 8.37. The van der Waals surface area contributed by atoms with Gasteiger partial charge in [0.1, 0.15) is 5.69 Å². The van der Waals surface area contributed by atoms with E-state index in [0.29, 0.717) is 0 Å². The third-order valence-corrected chi connectivity index (χ3v) is 2.42. The molecule has 0 aliphatic rings. The van der Waals surface area contributed by atoms with E-state index in [1.807, 2.05) is 0 Å². The van der Waals surface area contributed by atoms with Crippen molar-refractivity contribution in [2.75, 3.05) is 5.32 Å². The first kappa shape index (κ1) is 14.2. The van der Waals surface area contributed by atoms with Gasteiger partial charge in [0, 0.05) is 6.07 Å². The molecule has 0 fully saturated rings. The minimum absolute atomic E-state index is 0.00397. The molecule has 1 aromatic heterocycles. The molecule has 1 aromatic carbocycles. The summed E-state index contributed by atoms with van der Waals surface area (Å²) < 4.78 is 52.6. The van der Waals surface area contributed by atoms with Crippen molar-refractivity contribution in [1.82, 2.24) is 10.2 Å². The highest BCUT2D eigenvalue weighted by Gasteiger charge is 2.21. The number of nitrogens with one attached hydrogen (secondary N) is 1. The van der Waals surface area contributed by atoms with Crippen LogP contribution >= 0.6 is 11.6 Å². The van der Waals surface area contributed by atoms with Crippen LogP contribution < -0.4 is 5.32 Å². The van der Waals surface area contributed by atoms with Crippen LogP contribution in [0, 0.1) is 23.3 Å². The number of benzene rings is 1. The summed E-state index contributed by atoms with van der Waals surface area (Å²) >= 11 is 5.44. The summed E-state index contributed by atoms with van der Waals surface area (Å²) in [7, 11) is 0. The number of carbonyl (C=O) groups excluding carboxylic acids is 1. The van der Waals surface area contributed by atoms with Crippen LogP contribution in [0.15, 0.2) is 18.2 Å². The second-order valence-corrected chi connectivity index (χ2v) is 3.93. The van der Waals surface area contributed by atoms with Crippen LogP contribution in [0.3, 0.4) is 0 Å². The van der Waals surface area contributed by atoms with Crippen LogP contribution in [0.1, 0.15) is 10.5 Å². The molecule has 2 aromatic rings. The fourth-order valence-electron chi connectivity index (χ4n) is 1.30. The molecule has 0 radical (unpaired) electrons. The lowest BCUT2D eigenvalue weighted by atomic mass is 10.2. The molecule has 9 heteroatoms. The van der Waals surface area contributed by atoms with Crippen LogP contribution in [0.25, 0.3) is 0 Å². The third-order valence-electron chi connectivity index (χ3n) is 2.21. The van der Waals surface area contributed by atoms with Crippen LogP contribution in [0.2, 0.25) is 5.15 Å². The van der Waals surface area contributed by atoms with Crippen molar-refractivity contribution in [3.05, 3.63) is 52.3 Å². The quantitative estimate of drug-likeness (QED) is 0.685. The van der Waals surface area contributed by atoms with E-state index in [1.165, 1.54) is 6.07 Å². The lowest BCUT2D eigenvalue weighted by molar-refractivity contribution is 0.102. The van der Waals surface area contributed by atoms with E-state index in [-0.39, 0.29) is 16.9 Å². The monoisotopic (exact) mass is 305 g/mol. The van der Waals surface area contributed by atoms with Gasteiger partial charge in [-0.25, -0.2) is 17.6 Å². The van der Waals surface area contributed by atoms with Crippen molar-refractivity contribution in [1.29, 1.82) is 0 Å². The number of aromatic nitrogens is 2. The molecule has 1 N–H and O–H groups in total. The van der Waals surface area contributed by atoms with Gasteiger partial charge in [-0.1, -0.05) is 11.6 Å². The summed E-state index contributed by atoms with van der Waals surface area (Å²) in [4.78, 5) is 11.6. The molecule has 0 bridgehead atoms. The van der Waals surface area contributed by atoms with Gasteiger partial charge < -0.3 is 5.32 Å². The van der Waals surface area contributed by atoms with Crippen LogP contribution in [0.5, 0.6) is 0 Å². The van der Waals surface area contributed by atoms with Gasteiger partial charge in [0.25, 0.3) is 5.91 Å². The maximum atomic E-state index is 13.3.